The van der Waals surface area contributed by atoms with Crippen LogP contribution in [0.15, 0.2) is 24.3 Å². The number of piperidine rings is 1. The summed E-state index contributed by atoms with van der Waals surface area (Å²) >= 11 is 0. The molecule has 2 heterocycles. The molecule has 2 aliphatic heterocycles. The van der Waals surface area contributed by atoms with Gasteiger partial charge in [0.15, 0.2) is 0 Å². The molecule has 0 aromatic heterocycles. The Bertz CT molecular complexity index is 543. The van der Waals surface area contributed by atoms with Gasteiger partial charge in [0, 0.05) is 25.2 Å². The Balaban J connectivity index is 1.66. The van der Waals surface area contributed by atoms with Crippen LogP contribution in [0.1, 0.15) is 58.1 Å². The second-order valence-electron chi connectivity index (χ2n) is 8.50. The summed E-state index contributed by atoms with van der Waals surface area (Å²) in [6, 6.07) is 9.96. The molecule has 2 aliphatic rings. The molecular weight excluding hydrogens is 308 g/mol. The van der Waals surface area contributed by atoms with Crippen LogP contribution in [0.25, 0.3) is 0 Å². The van der Waals surface area contributed by atoms with Crippen LogP contribution in [-0.2, 0) is 0 Å². The monoisotopic (exact) mass is 343 g/mol. The second kappa shape index (κ2) is 8.55. The summed E-state index contributed by atoms with van der Waals surface area (Å²) in [6.45, 7) is 11.2. The molecule has 0 unspecified atom stereocenters. The summed E-state index contributed by atoms with van der Waals surface area (Å²) in [5.41, 5.74) is 1.42. The number of likely N-dealkylation sites (N-methyl/N-ethyl adjacent to an activating group) is 1. The third-order valence-corrected chi connectivity index (χ3v) is 5.80. The zero-order chi connectivity index (χ0) is 17.8. The van der Waals surface area contributed by atoms with Gasteiger partial charge in [0.25, 0.3) is 0 Å². The van der Waals surface area contributed by atoms with Crippen LogP contribution in [0.4, 0.5) is 0 Å². The van der Waals surface area contributed by atoms with Gasteiger partial charge in [-0.25, -0.2) is 0 Å². The molecule has 2 fully saturated rings. The third-order valence-electron chi connectivity index (χ3n) is 5.80. The van der Waals surface area contributed by atoms with Gasteiger partial charge in [0.2, 0.25) is 0 Å². The molecule has 3 nitrogen and oxygen atoms in total. The molecular formula is C22H35N2O. The molecule has 0 aliphatic carbocycles. The Morgan fingerprint density at radius 2 is 2.04 bits per heavy atom. The average molecular weight is 344 g/mol. The summed E-state index contributed by atoms with van der Waals surface area (Å²) in [6.07, 6.45) is 5.13. The third kappa shape index (κ3) is 4.98. The minimum absolute atomic E-state index is 0.531. The van der Waals surface area contributed by atoms with Crippen LogP contribution in [0, 0.1) is 11.8 Å². The van der Waals surface area contributed by atoms with Crippen LogP contribution in [0.3, 0.4) is 0 Å². The van der Waals surface area contributed by atoms with Gasteiger partial charge in [-0.15, -0.1) is 0 Å². The molecule has 1 aromatic rings. The molecule has 0 bridgehead atoms. The summed E-state index contributed by atoms with van der Waals surface area (Å²) in [5.74, 6) is 3.33. The molecule has 3 rings (SSSR count). The van der Waals surface area contributed by atoms with Crippen molar-refractivity contribution in [2.24, 2.45) is 5.92 Å². The first-order valence-corrected chi connectivity index (χ1v) is 9.99. The second-order valence-corrected chi connectivity index (χ2v) is 8.50. The highest BCUT2D eigenvalue weighted by Gasteiger charge is 2.28. The van der Waals surface area contributed by atoms with E-state index >= 15 is 0 Å². The molecule has 3 atom stereocenters. The summed E-state index contributed by atoms with van der Waals surface area (Å²) in [5, 5.41) is 0. The normalized spacial score (nSPS) is 28.6. The maximum Gasteiger partial charge on any atom is 0.119 e. The summed E-state index contributed by atoms with van der Waals surface area (Å²) < 4.78 is 6.16. The molecule has 0 amide bonds. The predicted octanol–water partition coefficient (Wildman–Crippen LogP) is 4.55. The van der Waals surface area contributed by atoms with Gasteiger partial charge in [0.05, 0.1) is 0 Å². The lowest BCUT2D eigenvalue weighted by molar-refractivity contribution is 0.119. The van der Waals surface area contributed by atoms with E-state index in [0.29, 0.717) is 12.1 Å². The van der Waals surface area contributed by atoms with Crippen molar-refractivity contribution < 1.29 is 4.74 Å². The highest BCUT2D eigenvalue weighted by molar-refractivity contribution is 5.31. The lowest BCUT2D eigenvalue weighted by Crippen LogP contribution is -2.39. The molecule has 1 radical (unpaired) electrons. The Morgan fingerprint density at radius 1 is 1.20 bits per heavy atom. The van der Waals surface area contributed by atoms with Gasteiger partial charge in [-0.05, 0) is 68.8 Å². The molecule has 139 valence electrons. The molecule has 0 N–H and O–H groups in total. The number of likely N-dealkylation sites (tertiary alicyclic amines) is 2. The molecule has 25 heavy (non-hydrogen) atoms. The maximum absolute atomic E-state index is 6.16. The zero-order valence-corrected chi connectivity index (χ0v) is 16.5. The van der Waals surface area contributed by atoms with Crippen molar-refractivity contribution >= 4 is 0 Å². The van der Waals surface area contributed by atoms with Crippen molar-refractivity contribution in [2.45, 2.75) is 58.5 Å². The predicted molar refractivity (Wildman–Crippen MR) is 105 cm³/mol. The molecule has 2 saturated heterocycles. The van der Waals surface area contributed by atoms with Gasteiger partial charge < -0.3 is 9.64 Å². The molecule has 3 heteroatoms. The highest BCUT2D eigenvalue weighted by atomic mass is 16.5. The van der Waals surface area contributed by atoms with E-state index in [-0.39, 0.29) is 0 Å². The number of benzene rings is 1. The lowest BCUT2D eigenvalue weighted by atomic mass is 9.89. The molecule has 0 spiro atoms. The van der Waals surface area contributed by atoms with Gasteiger partial charge in [0.1, 0.15) is 12.4 Å². The van der Waals surface area contributed by atoms with Crippen LogP contribution in [0.5, 0.6) is 5.75 Å². The maximum atomic E-state index is 6.16. The minimum atomic E-state index is 0.531. The van der Waals surface area contributed by atoms with Gasteiger partial charge in [-0.2, -0.15) is 0 Å². The average Bonchev–Trinajstić information content (AvgIpc) is 2.98. The number of ether oxygens (including phenoxy) is 1. The van der Waals surface area contributed by atoms with Gasteiger partial charge >= 0.3 is 0 Å². The highest BCUT2D eigenvalue weighted by Crippen LogP contribution is 2.35. The largest absolute Gasteiger partial charge is 0.492 e. The fourth-order valence-corrected chi connectivity index (χ4v) is 4.40. The first-order valence-electron chi connectivity index (χ1n) is 9.99. The Kier molecular flexibility index (Phi) is 6.40. The van der Waals surface area contributed by atoms with Crippen molar-refractivity contribution in [3.63, 3.8) is 0 Å². The van der Waals surface area contributed by atoms with Crippen molar-refractivity contribution in [3.8, 4) is 5.75 Å². The fourth-order valence-electron chi connectivity index (χ4n) is 4.40. The minimum Gasteiger partial charge on any atom is -0.492 e. The number of hydrogen-bond acceptors (Lipinski definition) is 3. The summed E-state index contributed by atoms with van der Waals surface area (Å²) in [4.78, 5) is 5.08. The van der Waals surface area contributed by atoms with E-state index in [1.54, 1.807) is 0 Å². The van der Waals surface area contributed by atoms with Gasteiger partial charge in [-0.3, -0.25) is 4.90 Å². The van der Waals surface area contributed by atoms with Gasteiger partial charge in [-0.1, -0.05) is 32.9 Å². The topological polar surface area (TPSA) is 15.7 Å². The van der Waals surface area contributed by atoms with Crippen LogP contribution < -0.4 is 4.74 Å². The van der Waals surface area contributed by atoms with Crippen LogP contribution >= 0.6 is 0 Å². The zero-order valence-electron chi connectivity index (χ0n) is 16.5. The Hall–Kier alpha value is -1.06. The lowest BCUT2D eigenvalue weighted by Gasteiger charge is -2.40. The standard InChI is InChI=1S/C22H35N2O/c1-17(2)14-24-15-18(3)10-11-22(24)19-7-5-9-21(13-19)25-16-20-8-6-12-23(20)4/h5,7,9,13,18,20,22H,6,8,10-12,14-16H2,1-4H3/t18-,20-,22+/m0/s1. The van der Waals surface area contributed by atoms with E-state index in [4.69, 9.17) is 4.74 Å². The molecule has 0 saturated carbocycles. The van der Waals surface area contributed by atoms with E-state index < -0.39 is 0 Å². The van der Waals surface area contributed by atoms with Crippen molar-refractivity contribution in [1.29, 1.82) is 0 Å². The number of rotatable bonds is 6. The van der Waals surface area contributed by atoms with Crippen LogP contribution in [-0.4, -0.2) is 49.1 Å². The van der Waals surface area contributed by atoms with E-state index in [9.17, 15) is 0 Å². The Morgan fingerprint density at radius 3 is 2.76 bits per heavy atom. The number of nitrogens with zero attached hydrogens (tertiary/aromatic N) is 2. The van der Waals surface area contributed by atoms with E-state index in [1.807, 2.05) is 0 Å². The van der Waals surface area contributed by atoms with Crippen molar-refractivity contribution in [3.05, 3.63) is 35.7 Å². The van der Waals surface area contributed by atoms with E-state index in [2.05, 4.69) is 61.9 Å². The van der Waals surface area contributed by atoms with E-state index in [1.165, 1.54) is 50.3 Å². The quantitative estimate of drug-likeness (QED) is 0.754. The first kappa shape index (κ1) is 18.7. The smallest absolute Gasteiger partial charge is 0.119 e. The Labute approximate surface area is 154 Å². The number of hydrogen-bond donors (Lipinski definition) is 0. The van der Waals surface area contributed by atoms with Crippen molar-refractivity contribution in [2.75, 3.05) is 33.3 Å². The fraction of sp³-hybridized carbons (Fsp3) is 0.682. The van der Waals surface area contributed by atoms with Crippen LogP contribution in [0.2, 0.25) is 0 Å². The SMILES string of the molecule is C[C](C)CN1C[C@@H](C)CC[C@@H]1c1cccc(OC[C@@H]2CCCN2C)c1. The first-order chi connectivity index (χ1) is 12.0. The molecule has 1 aromatic carbocycles. The van der Waals surface area contributed by atoms with E-state index in [0.717, 1.165) is 24.8 Å². The van der Waals surface area contributed by atoms with Crippen molar-refractivity contribution in [1.82, 2.24) is 9.80 Å². The summed E-state index contributed by atoms with van der Waals surface area (Å²) in [7, 11) is 2.21.